The minimum Gasteiger partial charge on any atom is -0.378 e. The van der Waals surface area contributed by atoms with Crippen molar-refractivity contribution in [3.8, 4) is 0 Å². The van der Waals surface area contributed by atoms with E-state index in [1.807, 2.05) is 0 Å². The van der Waals surface area contributed by atoms with Gasteiger partial charge in [-0.2, -0.15) is 0 Å². The van der Waals surface area contributed by atoms with Crippen LogP contribution in [0.15, 0.2) is 53.2 Å². The maximum absolute atomic E-state index is 4.83. The van der Waals surface area contributed by atoms with E-state index in [2.05, 4.69) is 89.2 Å². The largest absolute Gasteiger partial charge is 0.378 e. The Morgan fingerprint density at radius 2 is 1.81 bits per heavy atom. The zero-order valence-corrected chi connectivity index (χ0v) is 14.0. The highest BCUT2D eigenvalue weighted by Crippen LogP contribution is 2.30. The molecule has 2 nitrogen and oxygen atoms in total. The summed E-state index contributed by atoms with van der Waals surface area (Å²) in [7, 11) is 4.16. The Morgan fingerprint density at radius 1 is 1.14 bits per heavy atom. The lowest BCUT2D eigenvalue weighted by atomic mass is 9.93. The fourth-order valence-electron chi connectivity index (χ4n) is 2.67. The van der Waals surface area contributed by atoms with E-state index in [0.717, 1.165) is 5.71 Å². The second-order valence-electron chi connectivity index (χ2n) is 6.83. The van der Waals surface area contributed by atoms with Crippen LogP contribution in [-0.4, -0.2) is 30.2 Å². The lowest BCUT2D eigenvalue weighted by Gasteiger charge is -2.18. The topological polar surface area (TPSA) is 15.6 Å². The molecule has 1 aliphatic rings. The Kier molecular flexibility index (Phi) is 4.36. The van der Waals surface area contributed by atoms with Crippen molar-refractivity contribution in [3.05, 3.63) is 59.3 Å². The molecule has 1 aromatic carbocycles. The Morgan fingerprint density at radius 3 is 2.38 bits per heavy atom. The van der Waals surface area contributed by atoms with Crippen molar-refractivity contribution < 1.29 is 0 Å². The molecule has 21 heavy (non-hydrogen) atoms. The molecule has 112 valence electrons. The van der Waals surface area contributed by atoms with Crippen LogP contribution in [0.4, 0.5) is 0 Å². The molecule has 1 atom stereocenters. The van der Waals surface area contributed by atoms with Crippen LogP contribution in [0.2, 0.25) is 0 Å². The molecule has 0 saturated carbocycles. The average molecular weight is 282 g/mol. The first-order valence-corrected chi connectivity index (χ1v) is 7.51. The number of rotatable bonds is 3. The fourth-order valence-corrected chi connectivity index (χ4v) is 2.67. The zero-order chi connectivity index (χ0) is 15.6. The van der Waals surface area contributed by atoms with E-state index in [0.29, 0.717) is 5.92 Å². The standard InChI is InChI=1S/C19H26N2/c1-14(20-19(2,3)4)17-9-7-8-10-18(17)15-11-12-16(13-15)21(5)6/h7-13,15H,1-6H3. The third-order valence-corrected chi connectivity index (χ3v) is 3.55. The van der Waals surface area contributed by atoms with Crippen molar-refractivity contribution in [1.29, 1.82) is 0 Å². The van der Waals surface area contributed by atoms with E-state index in [1.165, 1.54) is 16.8 Å². The zero-order valence-electron chi connectivity index (χ0n) is 14.0. The first-order chi connectivity index (χ1) is 9.78. The molecule has 2 heteroatoms. The van der Waals surface area contributed by atoms with Gasteiger partial charge in [-0.3, -0.25) is 4.99 Å². The minimum atomic E-state index is -0.0483. The predicted molar refractivity (Wildman–Crippen MR) is 92.1 cm³/mol. The van der Waals surface area contributed by atoms with Gasteiger partial charge in [0.25, 0.3) is 0 Å². The number of aliphatic imine (C=N–C) groups is 1. The molecule has 0 heterocycles. The molecule has 0 N–H and O–H groups in total. The van der Waals surface area contributed by atoms with Crippen LogP contribution in [0.3, 0.4) is 0 Å². The van der Waals surface area contributed by atoms with Gasteiger partial charge in [-0.15, -0.1) is 0 Å². The molecule has 0 radical (unpaired) electrons. The SMILES string of the molecule is CC(=NC(C)(C)C)c1ccccc1C1C=CC(N(C)C)=C1. The van der Waals surface area contributed by atoms with Gasteiger partial charge in [0.1, 0.15) is 0 Å². The van der Waals surface area contributed by atoms with Crippen LogP contribution in [0.1, 0.15) is 44.7 Å². The van der Waals surface area contributed by atoms with Crippen molar-refractivity contribution in [2.75, 3.05) is 14.1 Å². The van der Waals surface area contributed by atoms with E-state index in [4.69, 9.17) is 4.99 Å². The van der Waals surface area contributed by atoms with Crippen molar-refractivity contribution in [1.82, 2.24) is 4.90 Å². The summed E-state index contributed by atoms with van der Waals surface area (Å²) in [6, 6.07) is 8.59. The molecule has 2 rings (SSSR count). The van der Waals surface area contributed by atoms with E-state index in [-0.39, 0.29) is 5.54 Å². The van der Waals surface area contributed by atoms with Crippen LogP contribution in [-0.2, 0) is 0 Å². The van der Waals surface area contributed by atoms with Crippen LogP contribution in [0.5, 0.6) is 0 Å². The van der Waals surface area contributed by atoms with Gasteiger partial charge in [0.15, 0.2) is 0 Å². The Labute approximate surface area is 128 Å². The molecule has 1 unspecified atom stereocenters. The quantitative estimate of drug-likeness (QED) is 0.751. The van der Waals surface area contributed by atoms with Gasteiger partial charge in [-0.25, -0.2) is 0 Å². The normalized spacial score (nSPS) is 18.9. The highest BCUT2D eigenvalue weighted by Gasteiger charge is 2.18. The summed E-state index contributed by atoms with van der Waals surface area (Å²) in [5.41, 5.74) is 4.90. The average Bonchev–Trinajstić information content (AvgIpc) is 2.86. The first-order valence-electron chi connectivity index (χ1n) is 7.51. The maximum atomic E-state index is 4.83. The fraction of sp³-hybridized carbons (Fsp3) is 0.421. The molecule has 1 aromatic rings. The van der Waals surface area contributed by atoms with Crippen LogP contribution < -0.4 is 0 Å². The summed E-state index contributed by atoms with van der Waals surface area (Å²) in [6.07, 6.45) is 6.76. The van der Waals surface area contributed by atoms with Gasteiger partial charge in [-0.1, -0.05) is 30.3 Å². The highest BCUT2D eigenvalue weighted by atomic mass is 15.1. The second kappa shape index (κ2) is 5.88. The summed E-state index contributed by atoms with van der Waals surface area (Å²) < 4.78 is 0. The second-order valence-corrected chi connectivity index (χ2v) is 6.83. The van der Waals surface area contributed by atoms with E-state index < -0.39 is 0 Å². The third kappa shape index (κ3) is 3.84. The highest BCUT2D eigenvalue weighted by molar-refractivity contribution is 6.00. The van der Waals surface area contributed by atoms with E-state index in [9.17, 15) is 0 Å². The smallest absolute Gasteiger partial charge is 0.0527 e. The van der Waals surface area contributed by atoms with Crippen LogP contribution in [0.25, 0.3) is 0 Å². The summed E-state index contributed by atoms with van der Waals surface area (Å²) in [4.78, 5) is 6.98. The number of hydrogen-bond donors (Lipinski definition) is 0. The number of likely N-dealkylation sites (N-methyl/N-ethyl adjacent to an activating group) is 1. The Bertz CT molecular complexity index is 598. The molecule has 1 aliphatic carbocycles. The molecular weight excluding hydrogens is 256 g/mol. The molecule has 0 aromatic heterocycles. The summed E-state index contributed by atoms with van der Waals surface area (Å²) in [6.45, 7) is 8.52. The number of allylic oxidation sites excluding steroid dienone is 3. The van der Waals surface area contributed by atoms with Gasteiger partial charge in [0, 0.05) is 31.4 Å². The monoisotopic (exact) mass is 282 g/mol. The van der Waals surface area contributed by atoms with Crippen LogP contribution in [0, 0.1) is 0 Å². The summed E-state index contributed by atoms with van der Waals surface area (Å²) in [5, 5.41) is 0. The minimum absolute atomic E-state index is 0.0483. The number of nitrogens with zero attached hydrogens (tertiary/aromatic N) is 2. The molecule has 0 fully saturated rings. The van der Waals surface area contributed by atoms with Gasteiger partial charge in [0.05, 0.1) is 5.54 Å². The summed E-state index contributed by atoms with van der Waals surface area (Å²) in [5.74, 6) is 0.337. The predicted octanol–water partition coefficient (Wildman–Crippen LogP) is 4.39. The number of benzene rings is 1. The van der Waals surface area contributed by atoms with Crippen LogP contribution >= 0.6 is 0 Å². The molecule has 0 spiro atoms. The summed E-state index contributed by atoms with van der Waals surface area (Å²) >= 11 is 0. The van der Waals surface area contributed by atoms with Gasteiger partial charge in [0.2, 0.25) is 0 Å². The molecular formula is C19H26N2. The van der Waals surface area contributed by atoms with Gasteiger partial charge >= 0.3 is 0 Å². The maximum Gasteiger partial charge on any atom is 0.0527 e. The first kappa shape index (κ1) is 15.6. The van der Waals surface area contributed by atoms with Crippen molar-refractivity contribution in [2.24, 2.45) is 4.99 Å². The van der Waals surface area contributed by atoms with E-state index >= 15 is 0 Å². The Hall–Kier alpha value is -1.83. The number of hydrogen-bond acceptors (Lipinski definition) is 2. The van der Waals surface area contributed by atoms with Crippen molar-refractivity contribution in [3.63, 3.8) is 0 Å². The molecule has 0 aliphatic heterocycles. The Balaban J connectivity index is 2.40. The lowest BCUT2D eigenvalue weighted by molar-refractivity contribution is 0.530. The molecule has 0 amide bonds. The third-order valence-electron chi connectivity index (χ3n) is 3.55. The van der Waals surface area contributed by atoms with Crippen molar-refractivity contribution >= 4 is 5.71 Å². The van der Waals surface area contributed by atoms with Crippen molar-refractivity contribution in [2.45, 2.75) is 39.2 Å². The molecule has 0 bridgehead atoms. The van der Waals surface area contributed by atoms with E-state index in [1.54, 1.807) is 0 Å². The molecule has 0 saturated heterocycles. The van der Waals surface area contributed by atoms with Gasteiger partial charge in [-0.05, 0) is 51.0 Å². The lowest BCUT2D eigenvalue weighted by Crippen LogP contribution is -2.14. The van der Waals surface area contributed by atoms with Gasteiger partial charge < -0.3 is 4.90 Å².